The second kappa shape index (κ2) is 23.8. The molecule has 0 radical (unpaired) electrons. The molecule has 17 heteroatoms. The number of halogens is 3. The minimum absolute atomic E-state index is 0.0272. The lowest BCUT2D eigenvalue weighted by molar-refractivity contribution is -0.763. The summed E-state index contributed by atoms with van der Waals surface area (Å²) in [6, 6.07) is 15.1. The van der Waals surface area contributed by atoms with E-state index in [9.17, 15) is 53.0 Å². The molecule has 6 atom stereocenters. The monoisotopic (exact) mass is 868 g/mol. The summed E-state index contributed by atoms with van der Waals surface area (Å²) in [6.07, 6.45) is 4.70. The standard InChI is InChI=1S/C45H51F3N2O12/c1-29(44(56)62-40-22-17-31(25-41(40)59-2)18-23-43(55)60-27-32-12-14-33(15-13-32)28-61-50(57)58)49-42(54)11-6-4-3-5-10-36-37(39(53)26-38(36)52)21-20-35(51)19-16-30-8-7-9-34(24-30)45(46,47)48/h3,5,7-9,12-15,17-18,20-25,29,35-39,51-53H,4,6,10-11,16,19,26-28H2,1-2H3,(H,49,54)/t29?,35-,36+,37+,38-,39+/m0/s1. The number of hydrogen-bond acceptors (Lipinski definition) is 12. The maximum atomic E-state index is 13.0. The van der Waals surface area contributed by atoms with Gasteiger partial charge in [0.1, 0.15) is 19.3 Å². The quantitative estimate of drug-likeness (QED) is 0.0160. The summed E-state index contributed by atoms with van der Waals surface area (Å²) in [5.74, 6) is -2.19. The molecule has 0 aliphatic heterocycles. The fourth-order valence-electron chi connectivity index (χ4n) is 6.70. The first-order chi connectivity index (χ1) is 29.5. The van der Waals surface area contributed by atoms with Gasteiger partial charge in [0.2, 0.25) is 5.91 Å². The lowest BCUT2D eigenvalue weighted by atomic mass is 9.89. The van der Waals surface area contributed by atoms with E-state index in [1.165, 1.54) is 44.4 Å². The highest BCUT2D eigenvalue weighted by Crippen LogP contribution is 2.37. The zero-order valence-corrected chi connectivity index (χ0v) is 34.2. The van der Waals surface area contributed by atoms with Gasteiger partial charge in [0.05, 0.1) is 31.0 Å². The third kappa shape index (κ3) is 16.1. The SMILES string of the molecule is COc1cc(C=CC(=O)OCc2ccc(CO[N+](=O)[O-])cc2)ccc1OC(=O)C(C)NC(=O)CCCC=CC[C@@H]1[C@@H](C=C[C@@H](O)CCc2cccc(C(F)(F)F)c2)[C@H](O)C[C@@H]1O. The second-order valence-electron chi connectivity index (χ2n) is 14.8. The van der Waals surface area contributed by atoms with E-state index >= 15 is 0 Å². The molecule has 1 aliphatic carbocycles. The highest BCUT2D eigenvalue weighted by Gasteiger charge is 2.39. The van der Waals surface area contributed by atoms with E-state index < -0.39 is 59.0 Å². The fraction of sp³-hybridized carbons (Fsp3) is 0.400. The fourth-order valence-corrected chi connectivity index (χ4v) is 6.70. The Bertz CT molecular complexity index is 2050. The lowest BCUT2D eigenvalue weighted by Gasteiger charge is -2.19. The highest BCUT2D eigenvalue weighted by molar-refractivity contribution is 5.87. The first-order valence-corrected chi connectivity index (χ1v) is 19.9. The number of allylic oxidation sites excluding steroid dienone is 2. The van der Waals surface area contributed by atoms with Crippen LogP contribution >= 0.6 is 0 Å². The smallest absolute Gasteiger partial charge is 0.416 e. The summed E-state index contributed by atoms with van der Waals surface area (Å²) in [7, 11) is 1.38. The first-order valence-electron chi connectivity index (χ1n) is 19.9. The summed E-state index contributed by atoms with van der Waals surface area (Å²) in [5.41, 5.74) is 1.49. The number of carbonyl (C=O) groups excluding carboxylic acids is 3. The molecule has 0 spiro atoms. The van der Waals surface area contributed by atoms with E-state index in [0.717, 1.165) is 12.1 Å². The number of methoxy groups -OCH3 is 1. The molecule has 3 aromatic rings. The molecule has 1 fully saturated rings. The van der Waals surface area contributed by atoms with Crippen LogP contribution in [-0.4, -0.2) is 69.7 Å². The summed E-state index contributed by atoms with van der Waals surface area (Å²) in [4.78, 5) is 52.3. The molecule has 4 N–H and O–H groups in total. The van der Waals surface area contributed by atoms with Crippen molar-refractivity contribution in [3.63, 3.8) is 0 Å². The number of rotatable bonds is 22. The number of aliphatic hydroxyl groups is 3. The molecule has 1 amide bonds. The Morgan fingerprint density at radius 2 is 1.69 bits per heavy atom. The zero-order chi connectivity index (χ0) is 45.2. The molecule has 14 nitrogen and oxygen atoms in total. The van der Waals surface area contributed by atoms with E-state index in [-0.39, 0.29) is 62.2 Å². The average molecular weight is 869 g/mol. The van der Waals surface area contributed by atoms with Crippen molar-refractivity contribution in [3.8, 4) is 11.5 Å². The van der Waals surface area contributed by atoms with Gasteiger partial charge in [-0.1, -0.05) is 72.8 Å². The molecule has 1 aliphatic rings. The molecule has 62 heavy (non-hydrogen) atoms. The second-order valence-corrected chi connectivity index (χ2v) is 14.8. The van der Waals surface area contributed by atoms with Crippen molar-refractivity contribution < 1.29 is 67.0 Å². The number of unbranched alkanes of at least 4 members (excludes halogenated alkanes) is 1. The number of amides is 1. The van der Waals surface area contributed by atoms with Crippen molar-refractivity contribution in [1.29, 1.82) is 0 Å². The number of nitrogens with zero attached hydrogens (tertiary/aromatic N) is 1. The van der Waals surface area contributed by atoms with Crippen molar-refractivity contribution >= 4 is 23.9 Å². The molecular formula is C45H51F3N2O12. The van der Waals surface area contributed by atoms with Crippen LogP contribution in [0.25, 0.3) is 6.08 Å². The van der Waals surface area contributed by atoms with Crippen molar-refractivity contribution in [3.05, 3.63) is 135 Å². The molecule has 1 unspecified atom stereocenters. The summed E-state index contributed by atoms with van der Waals surface area (Å²) in [6.45, 7) is 1.26. The Balaban J connectivity index is 1.15. The Morgan fingerprint density at radius 1 is 0.968 bits per heavy atom. The van der Waals surface area contributed by atoms with Gasteiger partial charge in [0, 0.05) is 24.8 Å². The normalized spacial score (nSPS) is 18.8. The first kappa shape index (κ1) is 48.6. The van der Waals surface area contributed by atoms with E-state index in [1.54, 1.807) is 48.5 Å². The summed E-state index contributed by atoms with van der Waals surface area (Å²) >= 11 is 0. The van der Waals surface area contributed by atoms with Crippen LogP contribution in [0, 0.1) is 22.0 Å². The lowest BCUT2D eigenvalue weighted by Crippen LogP contribution is -2.40. The van der Waals surface area contributed by atoms with Crippen LogP contribution in [0.15, 0.2) is 97.1 Å². The minimum Gasteiger partial charge on any atom is -0.493 e. The van der Waals surface area contributed by atoms with E-state index in [2.05, 4.69) is 10.2 Å². The molecule has 0 aromatic heterocycles. The predicted molar refractivity (Wildman–Crippen MR) is 219 cm³/mol. The number of ether oxygens (including phenoxy) is 3. The van der Waals surface area contributed by atoms with Gasteiger partial charge in [-0.05, 0) is 91.5 Å². The molecule has 0 heterocycles. The number of hydrogen-bond donors (Lipinski definition) is 4. The van der Waals surface area contributed by atoms with Gasteiger partial charge in [-0.2, -0.15) is 13.2 Å². The van der Waals surface area contributed by atoms with E-state index in [4.69, 9.17) is 14.2 Å². The van der Waals surface area contributed by atoms with E-state index in [0.29, 0.717) is 41.5 Å². The maximum Gasteiger partial charge on any atom is 0.416 e. The van der Waals surface area contributed by atoms with Gasteiger partial charge in [-0.3, -0.25) is 4.79 Å². The number of carbonyl (C=O) groups is 3. The largest absolute Gasteiger partial charge is 0.493 e. The zero-order valence-electron chi connectivity index (χ0n) is 34.2. The Morgan fingerprint density at radius 3 is 2.39 bits per heavy atom. The third-order valence-corrected chi connectivity index (χ3v) is 10.1. The topological polar surface area (TPSA) is 204 Å². The van der Waals surface area contributed by atoms with Crippen LogP contribution in [0.5, 0.6) is 11.5 Å². The number of aryl methyl sites for hydroxylation is 1. The molecule has 4 rings (SSSR count). The van der Waals surface area contributed by atoms with Crippen LogP contribution in [0.1, 0.15) is 73.3 Å². The van der Waals surface area contributed by atoms with E-state index in [1.807, 2.05) is 12.2 Å². The van der Waals surface area contributed by atoms with Crippen molar-refractivity contribution in [2.24, 2.45) is 11.8 Å². The molecule has 0 saturated heterocycles. The Hall–Kier alpha value is -6.04. The molecule has 1 saturated carbocycles. The van der Waals surface area contributed by atoms with Gasteiger partial charge in [0.15, 0.2) is 11.5 Å². The number of alkyl halides is 3. The number of esters is 2. The van der Waals surface area contributed by atoms with Crippen LogP contribution in [-0.2, 0) is 49.8 Å². The summed E-state index contributed by atoms with van der Waals surface area (Å²) in [5, 5.41) is 43.7. The van der Waals surface area contributed by atoms with Crippen molar-refractivity contribution in [1.82, 2.24) is 5.32 Å². The molecule has 0 bridgehead atoms. The highest BCUT2D eigenvalue weighted by atomic mass is 19.4. The van der Waals surface area contributed by atoms with Gasteiger partial charge in [0.25, 0.3) is 5.09 Å². The van der Waals surface area contributed by atoms with Gasteiger partial charge in [-0.15, -0.1) is 10.1 Å². The Kier molecular flexibility index (Phi) is 18.7. The predicted octanol–water partition coefficient (Wildman–Crippen LogP) is 6.61. The van der Waals surface area contributed by atoms with Crippen molar-refractivity contribution in [2.75, 3.05) is 7.11 Å². The molecule has 3 aromatic carbocycles. The third-order valence-electron chi connectivity index (χ3n) is 10.1. The number of aliphatic hydroxyl groups excluding tert-OH is 3. The average Bonchev–Trinajstić information content (AvgIpc) is 3.51. The van der Waals surface area contributed by atoms with Gasteiger partial charge in [-0.25, -0.2) is 9.59 Å². The number of benzene rings is 3. The minimum atomic E-state index is -4.45. The summed E-state index contributed by atoms with van der Waals surface area (Å²) < 4.78 is 55.1. The Labute approximate surface area is 356 Å². The van der Waals surface area contributed by atoms with Gasteiger partial charge < -0.3 is 39.7 Å². The van der Waals surface area contributed by atoms with Crippen molar-refractivity contribution in [2.45, 2.75) is 95.6 Å². The van der Waals surface area contributed by atoms with Crippen LogP contribution in [0.4, 0.5) is 13.2 Å². The van der Waals surface area contributed by atoms with Crippen LogP contribution in [0.2, 0.25) is 0 Å². The number of nitrogens with one attached hydrogen (secondary N) is 1. The molecule has 334 valence electrons. The maximum absolute atomic E-state index is 13.0. The van der Waals surface area contributed by atoms with Gasteiger partial charge >= 0.3 is 18.1 Å². The van der Waals surface area contributed by atoms with Crippen LogP contribution in [0.3, 0.4) is 0 Å². The molecular weight excluding hydrogens is 817 g/mol. The van der Waals surface area contributed by atoms with Crippen LogP contribution < -0.4 is 14.8 Å².